The number of carbonyl (C=O) groups excluding carboxylic acids is 1. The van der Waals surface area contributed by atoms with E-state index in [-0.39, 0.29) is 18.8 Å². The molecule has 0 aliphatic carbocycles. The van der Waals surface area contributed by atoms with E-state index in [0.717, 1.165) is 12.1 Å². The van der Waals surface area contributed by atoms with Gasteiger partial charge in [-0.25, -0.2) is 9.79 Å². The van der Waals surface area contributed by atoms with Gasteiger partial charge in [-0.3, -0.25) is 10.2 Å². The standard InChI is InChI=1S/C11H19N5O2/c1-3-5-16-10-8(15(2)7-13-10)9(12-4-6-17)14-11(16)18/h7,10,12,17H,3-6H2,1-2H3,(H,14,18). The van der Waals surface area contributed by atoms with Crippen LogP contribution in [0.15, 0.2) is 16.5 Å². The van der Waals surface area contributed by atoms with Crippen molar-refractivity contribution in [1.82, 2.24) is 20.4 Å². The number of aliphatic hydroxyl groups excluding tert-OH is 1. The minimum absolute atomic E-state index is 0.0144. The number of hydrogen-bond donors (Lipinski definition) is 3. The molecule has 0 saturated heterocycles. The fourth-order valence-electron chi connectivity index (χ4n) is 2.15. The highest BCUT2D eigenvalue weighted by molar-refractivity contribution is 5.80. The Kier molecular flexibility index (Phi) is 3.71. The minimum Gasteiger partial charge on any atom is -0.395 e. The Hall–Kier alpha value is -1.76. The summed E-state index contributed by atoms with van der Waals surface area (Å²) in [5, 5.41) is 14.7. The van der Waals surface area contributed by atoms with E-state index < -0.39 is 0 Å². The van der Waals surface area contributed by atoms with Crippen LogP contribution in [0.3, 0.4) is 0 Å². The Morgan fingerprint density at radius 3 is 3.06 bits per heavy atom. The molecular weight excluding hydrogens is 234 g/mol. The number of hydrogen-bond acceptors (Lipinski definition) is 5. The number of aliphatic hydroxyl groups is 1. The summed E-state index contributed by atoms with van der Waals surface area (Å²) >= 11 is 0. The minimum atomic E-state index is -0.259. The lowest BCUT2D eigenvalue weighted by molar-refractivity contribution is 0.175. The lowest BCUT2D eigenvalue weighted by Gasteiger charge is -2.35. The monoisotopic (exact) mass is 253 g/mol. The van der Waals surface area contributed by atoms with Crippen LogP contribution in [0.1, 0.15) is 13.3 Å². The molecule has 2 aliphatic heterocycles. The maximum atomic E-state index is 12.0. The number of aliphatic imine (C=N–C) groups is 1. The number of fused-ring (bicyclic) bond motifs is 1. The zero-order valence-electron chi connectivity index (χ0n) is 10.7. The van der Waals surface area contributed by atoms with Crippen molar-refractivity contribution in [2.24, 2.45) is 4.99 Å². The molecule has 0 aromatic carbocycles. The molecule has 0 spiro atoms. The second kappa shape index (κ2) is 5.26. The van der Waals surface area contributed by atoms with E-state index in [1.807, 2.05) is 18.9 Å². The normalized spacial score (nSPS) is 22.4. The third-order valence-electron chi connectivity index (χ3n) is 2.93. The summed E-state index contributed by atoms with van der Waals surface area (Å²) in [6, 6.07) is -0.154. The number of amides is 2. The number of nitrogens with zero attached hydrogens (tertiary/aromatic N) is 3. The van der Waals surface area contributed by atoms with Gasteiger partial charge in [0.25, 0.3) is 0 Å². The van der Waals surface area contributed by atoms with Gasteiger partial charge in [-0.2, -0.15) is 0 Å². The van der Waals surface area contributed by atoms with Crippen LogP contribution in [0.25, 0.3) is 0 Å². The van der Waals surface area contributed by atoms with Crippen molar-refractivity contribution < 1.29 is 9.90 Å². The molecule has 1 atom stereocenters. The number of carbonyl (C=O) groups is 1. The molecule has 100 valence electrons. The van der Waals surface area contributed by atoms with E-state index in [2.05, 4.69) is 15.6 Å². The molecule has 0 bridgehead atoms. The molecule has 0 aromatic heterocycles. The first-order chi connectivity index (χ1) is 8.69. The zero-order valence-corrected chi connectivity index (χ0v) is 10.7. The summed E-state index contributed by atoms with van der Waals surface area (Å²) < 4.78 is 0. The first kappa shape index (κ1) is 12.7. The van der Waals surface area contributed by atoms with E-state index in [1.54, 1.807) is 11.2 Å². The van der Waals surface area contributed by atoms with Crippen molar-refractivity contribution >= 4 is 12.4 Å². The van der Waals surface area contributed by atoms with Gasteiger partial charge in [0.15, 0.2) is 6.17 Å². The molecule has 2 rings (SSSR count). The van der Waals surface area contributed by atoms with E-state index in [0.29, 0.717) is 18.9 Å². The molecule has 18 heavy (non-hydrogen) atoms. The van der Waals surface area contributed by atoms with E-state index in [1.165, 1.54) is 0 Å². The van der Waals surface area contributed by atoms with Crippen LogP contribution in [-0.4, -0.2) is 60.2 Å². The molecule has 2 aliphatic rings. The van der Waals surface area contributed by atoms with E-state index in [9.17, 15) is 4.79 Å². The SMILES string of the molecule is CCCN1C(=O)NC(NCCO)=C2C1N=CN2C. The molecular formula is C11H19N5O2. The smallest absolute Gasteiger partial charge is 0.325 e. The highest BCUT2D eigenvalue weighted by atomic mass is 16.3. The summed E-state index contributed by atoms with van der Waals surface area (Å²) in [6.45, 7) is 3.10. The Labute approximate surface area is 106 Å². The second-order valence-electron chi connectivity index (χ2n) is 4.28. The Balaban J connectivity index is 2.26. The molecule has 3 N–H and O–H groups in total. The predicted octanol–water partition coefficient (Wildman–Crippen LogP) is -0.528. The third kappa shape index (κ3) is 2.13. The largest absolute Gasteiger partial charge is 0.395 e. The number of urea groups is 1. The van der Waals surface area contributed by atoms with Crippen molar-refractivity contribution in [3.05, 3.63) is 11.5 Å². The summed E-state index contributed by atoms with van der Waals surface area (Å²) in [6.07, 6.45) is 2.34. The quantitative estimate of drug-likeness (QED) is 0.615. The predicted molar refractivity (Wildman–Crippen MR) is 67.7 cm³/mol. The van der Waals surface area contributed by atoms with Crippen molar-refractivity contribution in [1.29, 1.82) is 0 Å². The van der Waals surface area contributed by atoms with Crippen molar-refractivity contribution in [2.75, 3.05) is 26.7 Å². The van der Waals surface area contributed by atoms with Crippen LogP contribution in [0.5, 0.6) is 0 Å². The molecule has 7 nitrogen and oxygen atoms in total. The van der Waals surface area contributed by atoms with Gasteiger partial charge < -0.3 is 15.3 Å². The van der Waals surface area contributed by atoms with Crippen LogP contribution in [-0.2, 0) is 0 Å². The maximum Gasteiger partial charge on any atom is 0.325 e. The van der Waals surface area contributed by atoms with Crippen LogP contribution >= 0.6 is 0 Å². The van der Waals surface area contributed by atoms with Crippen molar-refractivity contribution in [3.63, 3.8) is 0 Å². The molecule has 2 heterocycles. The lowest BCUT2D eigenvalue weighted by Crippen LogP contribution is -2.54. The average molecular weight is 253 g/mol. The van der Waals surface area contributed by atoms with Gasteiger partial charge in [-0.15, -0.1) is 0 Å². The van der Waals surface area contributed by atoms with Gasteiger partial charge in [0.2, 0.25) is 0 Å². The highest BCUT2D eigenvalue weighted by Gasteiger charge is 2.38. The van der Waals surface area contributed by atoms with Crippen LogP contribution in [0, 0.1) is 0 Å². The van der Waals surface area contributed by atoms with Gasteiger partial charge in [0, 0.05) is 20.1 Å². The summed E-state index contributed by atoms with van der Waals surface area (Å²) in [5.41, 5.74) is 0.913. The maximum absolute atomic E-state index is 12.0. The zero-order chi connectivity index (χ0) is 13.1. The van der Waals surface area contributed by atoms with Gasteiger partial charge in [0.1, 0.15) is 11.5 Å². The molecule has 1 unspecified atom stereocenters. The van der Waals surface area contributed by atoms with Crippen molar-refractivity contribution in [2.45, 2.75) is 19.5 Å². The molecule has 0 saturated carbocycles. The van der Waals surface area contributed by atoms with Crippen molar-refractivity contribution in [3.8, 4) is 0 Å². The highest BCUT2D eigenvalue weighted by Crippen LogP contribution is 2.25. The van der Waals surface area contributed by atoms with E-state index >= 15 is 0 Å². The van der Waals surface area contributed by atoms with Crippen LogP contribution in [0.4, 0.5) is 4.79 Å². The topological polar surface area (TPSA) is 80.2 Å². The number of nitrogens with one attached hydrogen (secondary N) is 2. The van der Waals surface area contributed by atoms with Gasteiger partial charge in [0.05, 0.1) is 12.9 Å². The van der Waals surface area contributed by atoms with Gasteiger partial charge >= 0.3 is 6.03 Å². The van der Waals surface area contributed by atoms with Crippen LogP contribution in [0.2, 0.25) is 0 Å². The third-order valence-corrected chi connectivity index (χ3v) is 2.93. The molecule has 2 amide bonds. The number of rotatable bonds is 5. The number of likely N-dealkylation sites (N-methyl/N-ethyl adjacent to an activating group) is 1. The molecule has 0 fully saturated rings. The summed E-state index contributed by atoms with van der Waals surface area (Å²) in [7, 11) is 1.89. The van der Waals surface area contributed by atoms with Gasteiger partial charge in [-0.1, -0.05) is 6.92 Å². The molecule has 7 heteroatoms. The summed E-state index contributed by atoms with van der Waals surface area (Å²) in [4.78, 5) is 19.9. The fourth-order valence-corrected chi connectivity index (χ4v) is 2.15. The average Bonchev–Trinajstić information content (AvgIpc) is 2.73. The molecule has 0 aromatic rings. The molecule has 0 radical (unpaired) electrons. The summed E-state index contributed by atoms with van der Waals surface area (Å²) in [5.74, 6) is 0.631. The Morgan fingerprint density at radius 1 is 1.61 bits per heavy atom. The Morgan fingerprint density at radius 2 is 2.39 bits per heavy atom. The Bertz CT molecular complexity index is 393. The first-order valence-electron chi connectivity index (χ1n) is 6.11. The van der Waals surface area contributed by atoms with Crippen LogP contribution < -0.4 is 10.6 Å². The van der Waals surface area contributed by atoms with E-state index in [4.69, 9.17) is 5.11 Å². The first-order valence-corrected chi connectivity index (χ1v) is 6.11. The fraction of sp³-hybridized carbons (Fsp3) is 0.636. The lowest BCUT2D eigenvalue weighted by atomic mass is 10.2. The van der Waals surface area contributed by atoms with Gasteiger partial charge in [-0.05, 0) is 6.42 Å². The second-order valence-corrected chi connectivity index (χ2v) is 4.28.